The Morgan fingerprint density at radius 1 is 1.32 bits per heavy atom. The fourth-order valence-electron chi connectivity index (χ4n) is 2.44. The summed E-state index contributed by atoms with van der Waals surface area (Å²) in [5.41, 5.74) is 0.497. The molecule has 1 fully saturated rings. The highest BCUT2D eigenvalue weighted by Crippen LogP contribution is 2.40. The molecule has 130 valence electrons. The first-order valence-corrected chi connectivity index (χ1v) is 10.7. The van der Waals surface area contributed by atoms with Gasteiger partial charge in [-0.1, -0.05) is 27.2 Å². The zero-order chi connectivity index (χ0) is 17.6. The van der Waals surface area contributed by atoms with Gasteiger partial charge in [0.05, 0.1) is 4.88 Å². The van der Waals surface area contributed by atoms with E-state index in [1.54, 1.807) is 31.2 Å². The quantitative estimate of drug-likeness (QED) is 0.629. The van der Waals surface area contributed by atoms with Gasteiger partial charge in [-0.15, -0.1) is 11.3 Å². The molecule has 6 nitrogen and oxygen atoms in total. The van der Waals surface area contributed by atoms with Gasteiger partial charge >= 0.3 is 0 Å². The van der Waals surface area contributed by atoms with E-state index in [0.717, 1.165) is 17.3 Å². The molecule has 1 aromatic carbocycles. The number of benzene rings is 1. The van der Waals surface area contributed by atoms with Crippen LogP contribution in [0.25, 0.3) is 10.7 Å². The van der Waals surface area contributed by atoms with Crippen LogP contribution in [0.3, 0.4) is 0 Å². The zero-order valence-corrected chi connectivity index (χ0v) is 16.4. The number of aromatic nitrogens is 2. The Morgan fingerprint density at radius 3 is 2.84 bits per heavy atom. The highest BCUT2D eigenvalue weighted by atomic mass is 79.9. The van der Waals surface area contributed by atoms with Gasteiger partial charge in [-0.3, -0.25) is 4.72 Å². The van der Waals surface area contributed by atoms with Crippen molar-refractivity contribution in [2.24, 2.45) is 0 Å². The van der Waals surface area contributed by atoms with Crippen molar-refractivity contribution >= 4 is 43.0 Å². The summed E-state index contributed by atoms with van der Waals surface area (Å²) in [5, 5.41) is 3.98. The van der Waals surface area contributed by atoms with Crippen molar-refractivity contribution in [3.8, 4) is 10.7 Å². The Hall–Kier alpha value is -1.71. The average Bonchev–Trinajstić information content (AvgIpc) is 3.13. The van der Waals surface area contributed by atoms with Crippen molar-refractivity contribution in [2.75, 3.05) is 4.72 Å². The third-order valence-electron chi connectivity index (χ3n) is 3.83. The molecule has 1 aliphatic rings. The summed E-state index contributed by atoms with van der Waals surface area (Å²) in [7, 11) is -3.69. The molecule has 1 saturated carbocycles. The smallest absolute Gasteiger partial charge is 0.263 e. The van der Waals surface area contributed by atoms with Gasteiger partial charge in [-0.05, 0) is 44.0 Å². The van der Waals surface area contributed by atoms with Crippen LogP contribution in [0.15, 0.2) is 44.2 Å². The van der Waals surface area contributed by atoms with E-state index in [2.05, 4.69) is 30.8 Å². The molecule has 2 heterocycles. The molecule has 0 bridgehead atoms. The van der Waals surface area contributed by atoms with Gasteiger partial charge in [0, 0.05) is 21.0 Å². The van der Waals surface area contributed by atoms with Gasteiger partial charge in [0.15, 0.2) is 0 Å². The summed E-state index contributed by atoms with van der Waals surface area (Å²) in [4.78, 5) is 5.97. The van der Waals surface area contributed by atoms with Crippen LogP contribution in [-0.2, 0) is 10.0 Å². The second kappa shape index (κ2) is 6.22. The Kier molecular flexibility index (Phi) is 4.17. The minimum Gasteiger partial charge on any atom is -0.339 e. The van der Waals surface area contributed by atoms with Crippen LogP contribution in [0.4, 0.5) is 5.69 Å². The molecule has 25 heavy (non-hydrogen) atoms. The molecule has 0 unspecified atom stereocenters. The van der Waals surface area contributed by atoms with Crippen LogP contribution < -0.4 is 4.72 Å². The number of aryl methyl sites for hydroxylation is 1. The monoisotopic (exact) mass is 439 g/mol. The Balaban J connectivity index is 1.64. The lowest BCUT2D eigenvalue weighted by atomic mass is 10.3. The number of nitrogens with zero attached hydrogens (tertiary/aromatic N) is 2. The highest BCUT2D eigenvalue weighted by Gasteiger charge is 2.30. The second-order valence-corrected chi connectivity index (χ2v) is 9.70. The molecule has 4 rings (SSSR count). The van der Waals surface area contributed by atoms with Crippen LogP contribution >= 0.6 is 27.3 Å². The summed E-state index contributed by atoms with van der Waals surface area (Å²) in [5.74, 6) is 1.44. The highest BCUT2D eigenvalue weighted by molar-refractivity contribution is 9.10. The Labute approximate surface area is 157 Å². The van der Waals surface area contributed by atoms with Crippen molar-refractivity contribution in [1.82, 2.24) is 10.1 Å². The average molecular weight is 440 g/mol. The number of rotatable bonds is 5. The van der Waals surface area contributed by atoms with Gasteiger partial charge < -0.3 is 4.52 Å². The number of sulfonamides is 1. The van der Waals surface area contributed by atoms with Gasteiger partial charge in [0.1, 0.15) is 4.90 Å². The minimum atomic E-state index is -3.69. The molecule has 0 aliphatic heterocycles. The molecule has 0 radical (unpaired) electrons. The van der Waals surface area contributed by atoms with E-state index in [0.29, 0.717) is 33.1 Å². The minimum absolute atomic E-state index is 0.227. The fraction of sp³-hybridized carbons (Fsp3) is 0.250. The van der Waals surface area contributed by atoms with Crippen molar-refractivity contribution < 1.29 is 12.9 Å². The van der Waals surface area contributed by atoms with Crippen LogP contribution in [0.1, 0.15) is 29.5 Å². The van der Waals surface area contributed by atoms with Crippen molar-refractivity contribution in [2.45, 2.75) is 30.6 Å². The van der Waals surface area contributed by atoms with Gasteiger partial charge in [-0.25, -0.2) is 8.42 Å². The van der Waals surface area contributed by atoms with Crippen LogP contribution in [-0.4, -0.2) is 18.6 Å². The number of hydrogen-bond donors (Lipinski definition) is 1. The van der Waals surface area contributed by atoms with E-state index in [9.17, 15) is 8.42 Å². The molecule has 0 amide bonds. The van der Waals surface area contributed by atoms with E-state index in [1.807, 2.05) is 6.07 Å². The van der Waals surface area contributed by atoms with Gasteiger partial charge in [-0.2, -0.15) is 4.98 Å². The van der Waals surface area contributed by atoms with Crippen LogP contribution in [0.2, 0.25) is 0 Å². The first-order valence-electron chi connectivity index (χ1n) is 7.65. The summed E-state index contributed by atoms with van der Waals surface area (Å²) >= 11 is 4.67. The molecule has 9 heteroatoms. The van der Waals surface area contributed by atoms with Gasteiger partial charge in [0.2, 0.25) is 11.7 Å². The van der Waals surface area contributed by atoms with E-state index in [4.69, 9.17) is 4.52 Å². The number of nitrogens with one attached hydrogen (secondary N) is 1. The van der Waals surface area contributed by atoms with Gasteiger partial charge in [0.25, 0.3) is 10.0 Å². The largest absolute Gasteiger partial charge is 0.339 e. The molecule has 2 aromatic heterocycles. The molecular formula is C16H14BrN3O3S2. The maximum absolute atomic E-state index is 12.7. The predicted octanol–water partition coefficient (Wildman–Crippen LogP) is 4.55. The normalized spacial score (nSPS) is 14.6. The number of hydrogen-bond acceptors (Lipinski definition) is 6. The maximum atomic E-state index is 12.7. The lowest BCUT2D eigenvalue weighted by Crippen LogP contribution is -2.13. The second-order valence-electron chi connectivity index (χ2n) is 5.88. The van der Waals surface area contributed by atoms with Crippen LogP contribution in [0, 0.1) is 6.92 Å². The summed E-state index contributed by atoms with van der Waals surface area (Å²) in [6.45, 7) is 1.77. The van der Waals surface area contributed by atoms with E-state index in [1.165, 1.54) is 11.3 Å². The fourth-order valence-corrected chi connectivity index (χ4v) is 5.40. The summed E-state index contributed by atoms with van der Waals surface area (Å²) < 4.78 is 34.1. The van der Waals surface area contributed by atoms with E-state index < -0.39 is 10.0 Å². The SMILES string of the molecule is Cc1sc(-c2noc(C3CC3)n2)cc1S(=O)(=O)Nc1cccc(Br)c1. The molecule has 1 N–H and O–H groups in total. The number of anilines is 1. The zero-order valence-electron chi connectivity index (χ0n) is 13.2. The predicted molar refractivity (Wildman–Crippen MR) is 99.3 cm³/mol. The molecule has 0 atom stereocenters. The standard InChI is InChI=1S/C16H14BrN3O3S2/c1-9-14(25(21,22)20-12-4-2-3-11(17)7-12)8-13(24-9)15-18-16(23-19-15)10-5-6-10/h2-4,7-8,10,20H,5-6H2,1H3. The lowest BCUT2D eigenvalue weighted by molar-refractivity contribution is 0.380. The summed E-state index contributed by atoms with van der Waals surface area (Å²) in [6, 6.07) is 8.61. The maximum Gasteiger partial charge on any atom is 0.263 e. The van der Waals surface area contributed by atoms with Crippen molar-refractivity contribution in [3.63, 3.8) is 0 Å². The molecule has 1 aliphatic carbocycles. The number of thiophene rings is 1. The Bertz CT molecular complexity index is 1040. The Morgan fingerprint density at radius 2 is 2.12 bits per heavy atom. The lowest BCUT2D eigenvalue weighted by Gasteiger charge is -2.07. The van der Waals surface area contributed by atoms with Crippen LogP contribution in [0.5, 0.6) is 0 Å². The first kappa shape index (κ1) is 16.7. The topological polar surface area (TPSA) is 85.1 Å². The van der Waals surface area contributed by atoms with E-state index >= 15 is 0 Å². The molecule has 0 spiro atoms. The third kappa shape index (κ3) is 3.49. The third-order valence-corrected chi connectivity index (χ3v) is 7.00. The number of halogens is 1. The van der Waals surface area contributed by atoms with E-state index in [-0.39, 0.29) is 4.90 Å². The molecule has 0 saturated heterocycles. The first-order chi connectivity index (χ1) is 11.9. The molecular weight excluding hydrogens is 426 g/mol. The van der Waals surface area contributed by atoms with Crippen molar-refractivity contribution in [1.29, 1.82) is 0 Å². The molecule has 3 aromatic rings. The summed E-state index contributed by atoms with van der Waals surface area (Å²) in [6.07, 6.45) is 2.14. The van der Waals surface area contributed by atoms with Crippen molar-refractivity contribution in [3.05, 3.63) is 45.6 Å².